The van der Waals surface area contributed by atoms with Crippen LogP contribution in [0.1, 0.15) is 11.1 Å². The van der Waals surface area contributed by atoms with Gasteiger partial charge < -0.3 is 9.84 Å². The lowest BCUT2D eigenvalue weighted by Gasteiger charge is -2.23. The maximum atomic E-state index is 11.9. The number of hydrogen-bond acceptors (Lipinski definition) is 3. The predicted molar refractivity (Wildman–Crippen MR) is 71.6 cm³/mol. The smallest absolute Gasteiger partial charge is 0.477 e. The van der Waals surface area contributed by atoms with E-state index >= 15 is 0 Å². The van der Waals surface area contributed by atoms with Crippen LogP contribution in [-0.4, -0.2) is 42.3 Å². The Morgan fingerprint density at radius 2 is 1.74 bits per heavy atom. The molecular weight excluding hydrogens is 270 g/mol. The van der Waals surface area contributed by atoms with Gasteiger partial charge >= 0.3 is 12.1 Å². The molecule has 1 aromatic carbocycles. The maximum absolute atomic E-state index is 11.9. The summed E-state index contributed by atoms with van der Waals surface area (Å²) < 4.78 is 4.82. The van der Waals surface area contributed by atoms with Crippen molar-refractivity contribution < 1.29 is 23.9 Å². The Bertz CT molecular complexity index is 502. The van der Waals surface area contributed by atoms with Gasteiger partial charge in [-0.1, -0.05) is 11.6 Å². The van der Waals surface area contributed by atoms with Crippen LogP contribution in [0.15, 0.2) is 12.1 Å². The topological polar surface area (TPSA) is 63.6 Å². The van der Waals surface area contributed by atoms with Crippen LogP contribution in [0.25, 0.3) is 0 Å². The van der Waals surface area contributed by atoms with E-state index in [0.717, 1.165) is 11.1 Å². The molecule has 0 aliphatic rings. The zero-order valence-corrected chi connectivity index (χ0v) is 12.1. The van der Waals surface area contributed by atoms with E-state index in [0.29, 0.717) is 10.8 Å². The fourth-order valence-electron chi connectivity index (χ4n) is 1.59. The van der Waals surface area contributed by atoms with Crippen molar-refractivity contribution in [1.29, 1.82) is 0 Å². The minimum Gasteiger partial charge on any atom is -0.477 e. The van der Waals surface area contributed by atoms with E-state index in [1.807, 2.05) is 13.8 Å². The van der Waals surface area contributed by atoms with Crippen molar-refractivity contribution in [2.75, 3.05) is 20.6 Å². The van der Waals surface area contributed by atoms with Crippen LogP contribution < -0.4 is 4.74 Å². The number of aryl methyl sites for hydroxylation is 2. The fourth-order valence-corrected chi connectivity index (χ4v) is 1.70. The third-order valence-electron chi connectivity index (χ3n) is 2.64. The number of quaternary nitrogens is 1. The van der Waals surface area contributed by atoms with Gasteiger partial charge in [-0.25, -0.2) is 9.28 Å². The molecule has 1 rings (SSSR count). The lowest BCUT2D eigenvalue weighted by atomic mass is 10.1. The van der Waals surface area contributed by atoms with Crippen LogP contribution in [-0.2, 0) is 4.79 Å². The first-order valence-corrected chi connectivity index (χ1v) is 6.05. The quantitative estimate of drug-likeness (QED) is 0.868. The average molecular weight is 287 g/mol. The van der Waals surface area contributed by atoms with Gasteiger partial charge in [0.1, 0.15) is 5.75 Å². The lowest BCUT2D eigenvalue weighted by molar-refractivity contribution is -0.807. The molecule has 0 atom stereocenters. The number of benzene rings is 1. The van der Waals surface area contributed by atoms with Crippen LogP contribution >= 0.6 is 11.6 Å². The molecule has 104 valence electrons. The lowest BCUT2D eigenvalue weighted by Crippen LogP contribution is -2.50. The Labute approximate surface area is 116 Å². The fraction of sp³-hybridized carbons (Fsp3) is 0.385. The molecule has 0 unspecified atom stereocenters. The second-order valence-electron chi connectivity index (χ2n) is 4.98. The van der Waals surface area contributed by atoms with Crippen molar-refractivity contribution in [2.24, 2.45) is 0 Å². The molecule has 0 spiro atoms. The normalized spacial score (nSPS) is 11.2. The summed E-state index contributed by atoms with van der Waals surface area (Å²) in [6, 6.07) is 3.29. The Morgan fingerprint density at radius 3 is 2.16 bits per heavy atom. The van der Waals surface area contributed by atoms with Gasteiger partial charge in [0.15, 0.2) is 6.54 Å². The van der Waals surface area contributed by atoms with Crippen LogP contribution in [0.5, 0.6) is 5.75 Å². The molecule has 1 N–H and O–H groups in total. The number of amides is 1. The van der Waals surface area contributed by atoms with Crippen molar-refractivity contribution in [3.8, 4) is 5.75 Å². The molecule has 1 amide bonds. The monoisotopic (exact) mass is 286 g/mol. The third kappa shape index (κ3) is 3.94. The van der Waals surface area contributed by atoms with E-state index in [4.69, 9.17) is 21.4 Å². The number of rotatable bonds is 3. The summed E-state index contributed by atoms with van der Waals surface area (Å²) in [4.78, 5) is 22.6. The highest BCUT2D eigenvalue weighted by atomic mass is 35.5. The summed E-state index contributed by atoms with van der Waals surface area (Å²) in [6.07, 6.45) is -0.636. The van der Waals surface area contributed by atoms with Gasteiger partial charge in [-0.05, 0) is 37.1 Å². The summed E-state index contributed by atoms with van der Waals surface area (Å²) >= 11 is 6.02. The van der Waals surface area contributed by atoms with Gasteiger partial charge in [-0.15, -0.1) is 0 Å². The second-order valence-corrected chi connectivity index (χ2v) is 5.35. The number of carbonyl (C=O) groups excluding carboxylic acids is 1. The Hall–Kier alpha value is -1.59. The maximum Gasteiger partial charge on any atom is 0.521 e. The molecule has 0 aromatic heterocycles. The number of hydrogen-bond donors (Lipinski definition) is 1. The van der Waals surface area contributed by atoms with E-state index in [1.54, 1.807) is 12.1 Å². The molecule has 5 nitrogen and oxygen atoms in total. The third-order valence-corrected chi connectivity index (χ3v) is 3.24. The molecule has 0 saturated carbocycles. The standard InChI is InChI=1S/C13H16ClNO4/c1-8-5-10(6-9(2)12(8)14)19-13(18)15(3,4)7-11(16)17/h5-6H,7H2,1-4H3/p+1. The van der Waals surface area contributed by atoms with Crippen molar-refractivity contribution in [2.45, 2.75) is 13.8 Å². The summed E-state index contributed by atoms with van der Waals surface area (Å²) in [6.45, 7) is 3.28. The Morgan fingerprint density at radius 1 is 1.26 bits per heavy atom. The molecule has 19 heavy (non-hydrogen) atoms. The molecule has 6 heteroatoms. The van der Waals surface area contributed by atoms with Crippen molar-refractivity contribution in [3.05, 3.63) is 28.3 Å². The minimum absolute atomic E-state index is 0.343. The number of halogens is 1. The van der Waals surface area contributed by atoms with Crippen LogP contribution in [0.4, 0.5) is 4.79 Å². The molecular formula is C13H17ClNO4+. The second kappa shape index (κ2) is 5.59. The molecule has 1 aromatic rings. The molecule has 0 aliphatic carbocycles. The molecule has 0 heterocycles. The summed E-state index contributed by atoms with van der Waals surface area (Å²) in [5.74, 6) is -0.702. The first-order chi connectivity index (χ1) is 8.63. The number of nitrogens with zero attached hydrogens (tertiary/aromatic N) is 1. The van der Waals surface area contributed by atoms with Crippen LogP contribution in [0.2, 0.25) is 5.02 Å². The first-order valence-electron chi connectivity index (χ1n) is 5.67. The summed E-state index contributed by atoms with van der Waals surface area (Å²) in [5.41, 5.74) is 1.60. The van der Waals surface area contributed by atoms with Crippen molar-refractivity contribution in [3.63, 3.8) is 0 Å². The van der Waals surface area contributed by atoms with Crippen molar-refractivity contribution >= 4 is 23.7 Å². The number of ether oxygens (including phenoxy) is 1. The van der Waals surface area contributed by atoms with Crippen LogP contribution in [0.3, 0.4) is 0 Å². The average Bonchev–Trinajstić information content (AvgIpc) is 2.23. The Balaban J connectivity index is 2.91. The number of likely N-dealkylation sites (N-methyl/N-ethyl adjacent to an activating group) is 1. The van der Waals surface area contributed by atoms with Crippen molar-refractivity contribution in [1.82, 2.24) is 0 Å². The molecule has 0 radical (unpaired) electrons. The highest BCUT2D eigenvalue weighted by molar-refractivity contribution is 6.32. The molecule has 0 aliphatic heterocycles. The number of carboxylic acid groups (broad SMARTS) is 1. The molecule has 0 saturated heterocycles. The van der Waals surface area contributed by atoms with E-state index in [2.05, 4.69) is 0 Å². The van der Waals surface area contributed by atoms with E-state index in [-0.39, 0.29) is 6.54 Å². The zero-order valence-electron chi connectivity index (χ0n) is 11.4. The first kappa shape index (κ1) is 15.5. The number of carbonyl (C=O) groups is 2. The predicted octanol–water partition coefficient (Wildman–Crippen LogP) is 2.62. The molecule has 0 bridgehead atoms. The van der Waals surface area contributed by atoms with E-state index in [9.17, 15) is 9.59 Å². The van der Waals surface area contributed by atoms with Crippen LogP contribution in [0, 0.1) is 13.8 Å². The largest absolute Gasteiger partial charge is 0.521 e. The highest BCUT2D eigenvalue weighted by Gasteiger charge is 2.32. The van der Waals surface area contributed by atoms with Gasteiger partial charge in [0.25, 0.3) is 0 Å². The number of aliphatic carboxylic acids is 1. The highest BCUT2D eigenvalue weighted by Crippen LogP contribution is 2.26. The summed E-state index contributed by atoms with van der Waals surface area (Å²) in [5, 5.41) is 9.37. The van der Waals surface area contributed by atoms with Gasteiger partial charge in [0.2, 0.25) is 0 Å². The summed E-state index contributed by atoms with van der Waals surface area (Å²) in [7, 11) is 2.96. The van der Waals surface area contributed by atoms with Gasteiger partial charge in [-0.2, -0.15) is 4.79 Å². The molecule has 0 fully saturated rings. The van der Waals surface area contributed by atoms with Gasteiger partial charge in [-0.3, -0.25) is 0 Å². The van der Waals surface area contributed by atoms with E-state index in [1.165, 1.54) is 14.1 Å². The Kier molecular flexibility index (Phi) is 4.55. The minimum atomic E-state index is -1.06. The van der Waals surface area contributed by atoms with Gasteiger partial charge in [0.05, 0.1) is 14.1 Å². The zero-order chi connectivity index (χ0) is 14.8. The van der Waals surface area contributed by atoms with Gasteiger partial charge in [0, 0.05) is 5.02 Å². The number of carboxylic acids is 1. The SMILES string of the molecule is Cc1cc(OC(=O)[N+](C)(C)CC(=O)O)cc(C)c1Cl. The van der Waals surface area contributed by atoms with E-state index < -0.39 is 16.5 Å².